The summed E-state index contributed by atoms with van der Waals surface area (Å²) in [4.78, 5) is 7.31. The zero-order valence-corrected chi connectivity index (χ0v) is 14.5. The third-order valence-corrected chi connectivity index (χ3v) is 5.24. The first-order valence-corrected chi connectivity index (χ1v) is 9.20. The number of imidazole rings is 1. The van der Waals surface area contributed by atoms with E-state index in [1.807, 2.05) is 0 Å². The Morgan fingerprint density at radius 1 is 0.960 bits per heavy atom. The van der Waals surface area contributed by atoms with Gasteiger partial charge >= 0.3 is 0 Å². The number of piperidine rings is 1. The number of para-hydroxylation sites is 3. The van der Waals surface area contributed by atoms with E-state index >= 15 is 0 Å². The van der Waals surface area contributed by atoms with Crippen LogP contribution in [0.3, 0.4) is 0 Å². The van der Waals surface area contributed by atoms with E-state index in [4.69, 9.17) is 10.1 Å². The lowest BCUT2D eigenvalue weighted by molar-refractivity contribution is 0.147. The molecule has 130 valence electrons. The van der Waals surface area contributed by atoms with E-state index in [0.29, 0.717) is 5.92 Å². The van der Waals surface area contributed by atoms with Gasteiger partial charge < -0.3 is 10.0 Å². The van der Waals surface area contributed by atoms with Crippen molar-refractivity contribution in [2.45, 2.75) is 19.3 Å². The molecule has 2 heterocycles. The van der Waals surface area contributed by atoms with Gasteiger partial charge in [0.25, 0.3) is 0 Å². The average molecular weight is 335 g/mol. The molecular weight excluding hydrogens is 310 g/mol. The maximum Gasteiger partial charge on any atom is 0.114 e. The van der Waals surface area contributed by atoms with Crippen molar-refractivity contribution in [3.05, 3.63) is 60.4 Å². The number of aliphatic hydroxyl groups is 1. The SMILES string of the molecule is OCCN1CCC(Cc2nc3ccccc3n2-c2ccccc2)CC1. The topological polar surface area (TPSA) is 41.3 Å². The van der Waals surface area contributed by atoms with E-state index in [9.17, 15) is 0 Å². The van der Waals surface area contributed by atoms with Crippen molar-refractivity contribution in [2.75, 3.05) is 26.2 Å². The number of β-amino-alcohol motifs (C(OH)–C–C–N with tert-alkyl or cyclic N) is 1. The Morgan fingerprint density at radius 2 is 1.68 bits per heavy atom. The van der Waals surface area contributed by atoms with Crippen LogP contribution in [0.25, 0.3) is 16.7 Å². The Hall–Kier alpha value is -2.17. The largest absolute Gasteiger partial charge is 0.395 e. The highest BCUT2D eigenvalue weighted by molar-refractivity contribution is 5.78. The van der Waals surface area contributed by atoms with Crippen LogP contribution in [0.4, 0.5) is 0 Å². The van der Waals surface area contributed by atoms with Gasteiger partial charge in [-0.15, -0.1) is 0 Å². The third kappa shape index (κ3) is 3.46. The average Bonchev–Trinajstić information content (AvgIpc) is 3.02. The van der Waals surface area contributed by atoms with Crippen molar-refractivity contribution in [1.29, 1.82) is 0 Å². The van der Waals surface area contributed by atoms with Crippen molar-refractivity contribution < 1.29 is 5.11 Å². The predicted molar refractivity (Wildman–Crippen MR) is 101 cm³/mol. The molecule has 0 atom stereocenters. The number of aliphatic hydroxyl groups excluding tert-OH is 1. The van der Waals surface area contributed by atoms with Crippen molar-refractivity contribution in [2.24, 2.45) is 5.92 Å². The van der Waals surface area contributed by atoms with Gasteiger partial charge in [0.2, 0.25) is 0 Å². The number of hydrogen-bond donors (Lipinski definition) is 1. The summed E-state index contributed by atoms with van der Waals surface area (Å²) < 4.78 is 2.31. The molecule has 0 saturated carbocycles. The summed E-state index contributed by atoms with van der Waals surface area (Å²) in [5.41, 5.74) is 3.43. The summed E-state index contributed by atoms with van der Waals surface area (Å²) in [5.74, 6) is 1.82. The molecule has 1 aliphatic rings. The second-order valence-electron chi connectivity index (χ2n) is 6.90. The maximum absolute atomic E-state index is 9.11. The highest BCUT2D eigenvalue weighted by atomic mass is 16.3. The normalized spacial score (nSPS) is 16.5. The lowest BCUT2D eigenvalue weighted by atomic mass is 9.93. The van der Waals surface area contributed by atoms with Crippen LogP contribution in [-0.4, -0.2) is 45.8 Å². The fourth-order valence-corrected chi connectivity index (χ4v) is 3.89. The Balaban J connectivity index is 1.62. The number of aromatic nitrogens is 2. The molecule has 4 nitrogen and oxygen atoms in total. The van der Waals surface area contributed by atoms with Gasteiger partial charge in [0, 0.05) is 18.7 Å². The highest BCUT2D eigenvalue weighted by Crippen LogP contribution is 2.26. The van der Waals surface area contributed by atoms with Gasteiger partial charge in [0.1, 0.15) is 5.82 Å². The number of rotatable bonds is 5. The predicted octanol–water partition coefficient (Wildman–Crippen LogP) is 3.27. The second-order valence-corrected chi connectivity index (χ2v) is 6.90. The van der Waals surface area contributed by atoms with E-state index in [1.54, 1.807) is 0 Å². The molecule has 0 radical (unpaired) electrons. The Labute approximate surface area is 148 Å². The molecule has 0 amide bonds. The molecular formula is C21H25N3O. The Kier molecular flexibility index (Phi) is 4.81. The van der Waals surface area contributed by atoms with Crippen LogP contribution in [0.15, 0.2) is 54.6 Å². The molecule has 1 N–H and O–H groups in total. The van der Waals surface area contributed by atoms with E-state index < -0.39 is 0 Å². The molecule has 25 heavy (non-hydrogen) atoms. The first-order chi connectivity index (χ1) is 12.3. The first-order valence-electron chi connectivity index (χ1n) is 9.20. The van der Waals surface area contributed by atoms with Crippen LogP contribution in [0.2, 0.25) is 0 Å². The standard InChI is InChI=1S/C21H25N3O/c25-15-14-23-12-10-17(11-13-23)16-21-22-19-8-4-5-9-20(19)24(21)18-6-2-1-3-7-18/h1-9,17,25H,10-16H2. The van der Waals surface area contributed by atoms with E-state index in [-0.39, 0.29) is 6.61 Å². The summed E-state index contributed by atoms with van der Waals surface area (Å²) in [6, 6.07) is 18.9. The van der Waals surface area contributed by atoms with Gasteiger partial charge in [0.05, 0.1) is 17.6 Å². The lowest BCUT2D eigenvalue weighted by Crippen LogP contribution is -2.36. The summed E-state index contributed by atoms with van der Waals surface area (Å²) in [6.45, 7) is 3.22. The molecule has 4 rings (SSSR count). The molecule has 3 aromatic rings. The summed E-state index contributed by atoms with van der Waals surface area (Å²) in [6.07, 6.45) is 3.37. The fourth-order valence-electron chi connectivity index (χ4n) is 3.89. The van der Waals surface area contributed by atoms with E-state index in [0.717, 1.165) is 37.4 Å². The molecule has 0 unspecified atom stereocenters. The minimum Gasteiger partial charge on any atom is -0.395 e. The van der Waals surface area contributed by atoms with Gasteiger partial charge in [0.15, 0.2) is 0 Å². The van der Waals surface area contributed by atoms with E-state index in [2.05, 4.69) is 64.1 Å². The molecule has 0 bridgehead atoms. The summed E-state index contributed by atoms with van der Waals surface area (Å²) >= 11 is 0. The monoisotopic (exact) mass is 335 g/mol. The Bertz CT molecular complexity index is 820. The molecule has 1 saturated heterocycles. The molecule has 0 aliphatic carbocycles. The van der Waals surface area contributed by atoms with Crippen LogP contribution in [0.1, 0.15) is 18.7 Å². The van der Waals surface area contributed by atoms with Gasteiger partial charge in [-0.25, -0.2) is 4.98 Å². The number of nitrogens with zero attached hydrogens (tertiary/aromatic N) is 3. The van der Waals surface area contributed by atoms with Crippen molar-refractivity contribution >= 4 is 11.0 Å². The summed E-state index contributed by atoms with van der Waals surface area (Å²) in [7, 11) is 0. The second kappa shape index (κ2) is 7.38. The van der Waals surface area contributed by atoms with Crippen LogP contribution >= 0.6 is 0 Å². The fraction of sp³-hybridized carbons (Fsp3) is 0.381. The van der Waals surface area contributed by atoms with Crippen molar-refractivity contribution in [1.82, 2.24) is 14.5 Å². The van der Waals surface area contributed by atoms with Crippen LogP contribution < -0.4 is 0 Å². The van der Waals surface area contributed by atoms with Crippen LogP contribution in [0.5, 0.6) is 0 Å². The maximum atomic E-state index is 9.11. The molecule has 1 aromatic heterocycles. The third-order valence-electron chi connectivity index (χ3n) is 5.24. The summed E-state index contributed by atoms with van der Waals surface area (Å²) in [5, 5.41) is 9.11. The first kappa shape index (κ1) is 16.3. The quantitative estimate of drug-likeness (QED) is 0.778. The lowest BCUT2D eigenvalue weighted by Gasteiger charge is -2.31. The van der Waals surface area contributed by atoms with Crippen LogP contribution in [-0.2, 0) is 6.42 Å². The minimum absolute atomic E-state index is 0.258. The van der Waals surface area contributed by atoms with Gasteiger partial charge in [-0.05, 0) is 56.1 Å². The number of hydrogen-bond acceptors (Lipinski definition) is 3. The molecule has 4 heteroatoms. The van der Waals surface area contributed by atoms with E-state index in [1.165, 1.54) is 24.0 Å². The number of fused-ring (bicyclic) bond motifs is 1. The molecule has 0 spiro atoms. The van der Waals surface area contributed by atoms with Crippen molar-refractivity contribution in [3.8, 4) is 5.69 Å². The molecule has 1 aliphatic heterocycles. The molecule has 1 fully saturated rings. The van der Waals surface area contributed by atoms with Gasteiger partial charge in [-0.2, -0.15) is 0 Å². The Morgan fingerprint density at radius 3 is 2.44 bits per heavy atom. The van der Waals surface area contributed by atoms with Gasteiger partial charge in [-0.3, -0.25) is 4.57 Å². The minimum atomic E-state index is 0.258. The molecule has 2 aromatic carbocycles. The van der Waals surface area contributed by atoms with Gasteiger partial charge in [-0.1, -0.05) is 30.3 Å². The number of benzene rings is 2. The highest BCUT2D eigenvalue weighted by Gasteiger charge is 2.22. The van der Waals surface area contributed by atoms with Crippen LogP contribution in [0, 0.1) is 5.92 Å². The number of likely N-dealkylation sites (tertiary alicyclic amines) is 1. The van der Waals surface area contributed by atoms with Crippen molar-refractivity contribution in [3.63, 3.8) is 0 Å². The zero-order chi connectivity index (χ0) is 17.1. The zero-order valence-electron chi connectivity index (χ0n) is 14.5. The smallest absolute Gasteiger partial charge is 0.114 e.